The van der Waals surface area contributed by atoms with Crippen molar-refractivity contribution in [2.45, 2.75) is 12.8 Å². The Labute approximate surface area is 170 Å². The number of hydrogen-bond acceptors (Lipinski definition) is 5. The van der Waals surface area contributed by atoms with E-state index < -0.39 is 0 Å². The highest BCUT2D eigenvalue weighted by Gasteiger charge is 2.25. The number of aromatic nitrogens is 1. The molecule has 1 aromatic heterocycles. The fourth-order valence-corrected chi connectivity index (χ4v) is 3.65. The average Bonchev–Trinajstić information content (AvgIpc) is 2.67. The summed E-state index contributed by atoms with van der Waals surface area (Å²) in [6.07, 6.45) is 3.79. The largest absolute Gasteiger partial charge is 0.385 e. The van der Waals surface area contributed by atoms with Gasteiger partial charge in [0.05, 0.1) is 10.9 Å². The molecular formula is C21H25ClN4O2. The van der Waals surface area contributed by atoms with Gasteiger partial charge in [-0.2, -0.15) is 0 Å². The van der Waals surface area contributed by atoms with Crippen LogP contribution < -0.4 is 16.0 Å². The number of pyridine rings is 1. The van der Waals surface area contributed by atoms with Crippen molar-refractivity contribution in [3.63, 3.8) is 0 Å². The fourth-order valence-electron chi connectivity index (χ4n) is 3.44. The van der Waals surface area contributed by atoms with Crippen molar-refractivity contribution in [1.29, 1.82) is 0 Å². The molecule has 0 aliphatic carbocycles. The van der Waals surface area contributed by atoms with E-state index in [9.17, 15) is 4.79 Å². The molecule has 2 saturated heterocycles. The van der Waals surface area contributed by atoms with Crippen LogP contribution >= 0.6 is 11.6 Å². The first-order valence-corrected chi connectivity index (χ1v) is 10.2. The molecule has 0 spiro atoms. The molecule has 0 bridgehead atoms. The van der Waals surface area contributed by atoms with Gasteiger partial charge in [-0.15, -0.1) is 0 Å². The second-order valence-corrected chi connectivity index (χ2v) is 7.82. The van der Waals surface area contributed by atoms with Gasteiger partial charge in [-0.3, -0.25) is 4.79 Å². The van der Waals surface area contributed by atoms with Crippen LogP contribution in [-0.2, 0) is 9.53 Å². The van der Waals surface area contributed by atoms with E-state index in [0.717, 1.165) is 49.4 Å². The number of halogens is 1. The van der Waals surface area contributed by atoms with Crippen molar-refractivity contribution in [2.75, 3.05) is 43.5 Å². The molecule has 0 atom stereocenters. The van der Waals surface area contributed by atoms with E-state index in [2.05, 4.69) is 33.1 Å². The molecule has 7 heteroatoms. The van der Waals surface area contributed by atoms with Crippen molar-refractivity contribution in [2.24, 2.45) is 11.8 Å². The van der Waals surface area contributed by atoms with Crippen molar-refractivity contribution in [3.8, 4) is 11.1 Å². The summed E-state index contributed by atoms with van der Waals surface area (Å²) in [5.74, 6) is 1.17. The topological polar surface area (TPSA) is 75.3 Å². The normalized spacial score (nSPS) is 17.8. The highest BCUT2D eigenvalue weighted by molar-refractivity contribution is 6.33. The number of nitrogens with one attached hydrogen (secondary N) is 3. The summed E-state index contributed by atoms with van der Waals surface area (Å²) >= 11 is 6.40. The van der Waals surface area contributed by atoms with Crippen molar-refractivity contribution in [3.05, 3.63) is 41.6 Å². The molecular weight excluding hydrogens is 376 g/mol. The van der Waals surface area contributed by atoms with Crippen LogP contribution in [-0.4, -0.2) is 43.7 Å². The van der Waals surface area contributed by atoms with Crippen molar-refractivity contribution in [1.82, 2.24) is 10.3 Å². The number of amides is 1. The van der Waals surface area contributed by atoms with Gasteiger partial charge < -0.3 is 20.7 Å². The third-order valence-corrected chi connectivity index (χ3v) is 5.67. The smallest absolute Gasteiger partial charge is 0.231 e. The molecule has 4 rings (SSSR count). The minimum absolute atomic E-state index is 0.00796. The Morgan fingerprint density at radius 2 is 2.07 bits per heavy atom. The first-order chi connectivity index (χ1) is 13.7. The fraction of sp³-hybridized carbons (Fsp3) is 0.429. The van der Waals surface area contributed by atoms with Crippen LogP contribution in [0.5, 0.6) is 0 Å². The predicted molar refractivity (Wildman–Crippen MR) is 112 cm³/mol. The number of carbonyl (C=O) groups excluding carboxylic acids is 1. The van der Waals surface area contributed by atoms with Gasteiger partial charge in [0.2, 0.25) is 5.91 Å². The van der Waals surface area contributed by atoms with E-state index in [1.54, 1.807) is 6.20 Å². The van der Waals surface area contributed by atoms with Crippen molar-refractivity contribution >= 4 is 29.0 Å². The number of hydrogen-bond donors (Lipinski definition) is 3. The monoisotopic (exact) mass is 400 g/mol. The SMILES string of the molecule is O=C(Nc1cc(-c2cccc(NCC3CCOCC3)c2)c(Cl)cn1)C1CNC1. The van der Waals surface area contributed by atoms with Crippen molar-refractivity contribution < 1.29 is 9.53 Å². The molecule has 3 heterocycles. The first-order valence-electron chi connectivity index (χ1n) is 9.78. The van der Waals surface area contributed by atoms with Gasteiger partial charge in [-0.05, 0) is 42.5 Å². The Balaban J connectivity index is 1.46. The lowest BCUT2D eigenvalue weighted by Gasteiger charge is -2.25. The number of rotatable bonds is 6. The molecule has 6 nitrogen and oxygen atoms in total. The van der Waals surface area contributed by atoms with Gasteiger partial charge in [-0.25, -0.2) is 4.98 Å². The van der Waals surface area contributed by atoms with Crippen LogP contribution in [0.2, 0.25) is 5.02 Å². The van der Waals surface area contributed by atoms with Gasteiger partial charge >= 0.3 is 0 Å². The van der Waals surface area contributed by atoms with Crippen LogP contribution in [0.1, 0.15) is 12.8 Å². The first kappa shape index (κ1) is 19.2. The van der Waals surface area contributed by atoms with E-state index in [4.69, 9.17) is 16.3 Å². The zero-order chi connectivity index (χ0) is 19.3. The van der Waals surface area contributed by atoms with E-state index in [0.29, 0.717) is 29.8 Å². The van der Waals surface area contributed by atoms with Crippen LogP contribution in [0.3, 0.4) is 0 Å². The minimum atomic E-state index is -0.00796. The van der Waals surface area contributed by atoms with E-state index >= 15 is 0 Å². The molecule has 2 aromatic rings. The van der Waals surface area contributed by atoms with Gasteiger partial charge in [0, 0.05) is 50.3 Å². The standard InChI is InChI=1S/C21H25ClN4O2/c22-19-13-25-20(26-21(27)16-11-23-12-16)9-18(19)15-2-1-3-17(8-15)24-10-14-4-6-28-7-5-14/h1-3,8-9,13-14,16,23-24H,4-7,10-12H2,(H,25,26,27). The van der Waals surface area contributed by atoms with Gasteiger partial charge in [0.15, 0.2) is 0 Å². The Bertz CT molecular complexity index is 835. The van der Waals surface area contributed by atoms with Crippen LogP contribution in [0.4, 0.5) is 11.5 Å². The minimum Gasteiger partial charge on any atom is -0.385 e. The lowest BCUT2D eigenvalue weighted by Crippen LogP contribution is -2.48. The summed E-state index contributed by atoms with van der Waals surface area (Å²) in [6, 6.07) is 10.0. The van der Waals surface area contributed by atoms with E-state index in [1.165, 1.54) is 0 Å². The number of nitrogens with zero attached hydrogens (tertiary/aromatic N) is 1. The summed E-state index contributed by atoms with van der Waals surface area (Å²) < 4.78 is 5.42. The lowest BCUT2D eigenvalue weighted by atomic mass is 10.00. The molecule has 148 valence electrons. The summed E-state index contributed by atoms with van der Waals surface area (Å²) in [6.45, 7) is 4.07. The molecule has 0 unspecified atom stereocenters. The predicted octanol–water partition coefficient (Wildman–Crippen LogP) is 3.40. The number of anilines is 2. The highest BCUT2D eigenvalue weighted by atomic mass is 35.5. The van der Waals surface area contributed by atoms with Crippen LogP contribution in [0.15, 0.2) is 36.5 Å². The maximum Gasteiger partial charge on any atom is 0.231 e. The average molecular weight is 401 g/mol. The van der Waals surface area contributed by atoms with Gasteiger partial charge in [-0.1, -0.05) is 23.7 Å². The summed E-state index contributed by atoms with van der Waals surface area (Å²) in [4.78, 5) is 16.4. The molecule has 2 aliphatic heterocycles. The third kappa shape index (κ3) is 4.63. The summed E-state index contributed by atoms with van der Waals surface area (Å²) in [5.41, 5.74) is 2.90. The molecule has 3 N–H and O–H groups in total. The Morgan fingerprint density at radius 3 is 2.82 bits per heavy atom. The lowest BCUT2D eigenvalue weighted by molar-refractivity contribution is -0.121. The van der Waals surface area contributed by atoms with Gasteiger partial charge in [0.1, 0.15) is 5.82 Å². The Hall–Kier alpha value is -2.15. The maximum absolute atomic E-state index is 12.2. The Kier molecular flexibility index (Phi) is 6.10. The van der Waals surface area contributed by atoms with E-state index in [1.807, 2.05) is 18.2 Å². The molecule has 2 fully saturated rings. The third-order valence-electron chi connectivity index (χ3n) is 5.37. The number of benzene rings is 1. The zero-order valence-electron chi connectivity index (χ0n) is 15.7. The summed E-state index contributed by atoms with van der Waals surface area (Å²) in [5, 5.41) is 10.1. The molecule has 2 aliphatic rings. The Morgan fingerprint density at radius 1 is 1.25 bits per heavy atom. The summed E-state index contributed by atoms with van der Waals surface area (Å²) in [7, 11) is 0. The molecule has 1 amide bonds. The van der Waals surface area contributed by atoms with E-state index in [-0.39, 0.29) is 11.8 Å². The number of carbonyl (C=O) groups is 1. The number of ether oxygens (including phenoxy) is 1. The zero-order valence-corrected chi connectivity index (χ0v) is 16.5. The quantitative estimate of drug-likeness (QED) is 0.693. The second-order valence-electron chi connectivity index (χ2n) is 7.41. The molecule has 28 heavy (non-hydrogen) atoms. The molecule has 0 radical (unpaired) electrons. The molecule has 0 saturated carbocycles. The van der Waals surface area contributed by atoms with Crippen LogP contribution in [0.25, 0.3) is 11.1 Å². The maximum atomic E-state index is 12.2. The van der Waals surface area contributed by atoms with Gasteiger partial charge in [0.25, 0.3) is 0 Å². The van der Waals surface area contributed by atoms with Crippen LogP contribution in [0, 0.1) is 11.8 Å². The highest BCUT2D eigenvalue weighted by Crippen LogP contribution is 2.31. The molecule has 1 aromatic carbocycles. The second kappa shape index (κ2) is 8.90.